The number of morpholine rings is 1. The predicted molar refractivity (Wildman–Crippen MR) is 90.4 cm³/mol. The SMILES string of the molecule is CC(=O)N1CCN(CC(=O)N2CCOCC2)C(c2ccccc2)C1. The molecule has 0 aromatic heterocycles. The molecular weight excluding hydrogens is 306 g/mol. The lowest BCUT2D eigenvalue weighted by atomic mass is 10.0. The number of rotatable bonds is 3. The van der Waals surface area contributed by atoms with Crippen molar-refractivity contribution < 1.29 is 14.3 Å². The van der Waals surface area contributed by atoms with Gasteiger partial charge in [-0.1, -0.05) is 30.3 Å². The van der Waals surface area contributed by atoms with Gasteiger partial charge in [-0.2, -0.15) is 0 Å². The van der Waals surface area contributed by atoms with Gasteiger partial charge in [0.25, 0.3) is 0 Å². The Labute approximate surface area is 143 Å². The second-order valence-corrected chi connectivity index (χ2v) is 6.36. The van der Waals surface area contributed by atoms with Crippen LogP contribution in [0.2, 0.25) is 0 Å². The summed E-state index contributed by atoms with van der Waals surface area (Å²) < 4.78 is 5.32. The van der Waals surface area contributed by atoms with E-state index >= 15 is 0 Å². The molecular formula is C18H25N3O3. The van der Waals surface area contributed by atoms with Crippen molar-refractivity contribution in [2.45, 2.75) is 13.0 Å². The van der Waals surface area contributed by atoms with E-state index in [-0.39, 0.29) is 17.9 Å². The van der Waals surface area contributed by atoms with E-state index < -0.39 is 0 Å². The van der Waals surface area contributed by atoms with Crippen LogP contribution in [0.25, 0.3) is 0 Å². The Kier molecular flexibility index (Phi) is 5.48. The number of ether oxygens (including phenoxy) is 1. The summed E-state index contributed by atoms with van der Waals surface area (Å²) in [7, 11) is 0. The van der Waals surface area contributed by atoms with E-state index in [2.05, 4.69) is 17.0 Å². The predicted octanol–water partition coefficient (Wildman–Crippen LogP) is 0.751. The van der Waals surface area contributed by atoms with Crippen LogP contribution in [0.3, 0.4) is 0 Å². The normalized spacial score (nSPS) is 22.5. The Balaban J connectivity index is 1.72. The molecule has 6 heteroatoms. The van der Waals surface area contributed by atoms with Crippen molar-refractivity contribution in [1.82, 2.24) is 14.7 Å². The maximum atomic E-state index is 12.6. The van der Waals surface area contributed by atoms with Gasteiger partial charge in [0, 0.05) is 39.6 Å². The first-order chi connectivity index (χ1) is 11.6. The Bertz CT molecular complexity index is 572. The smallest absolute Gasteiger partial charge is 0.236 e. The summed E-state index contributed by atoms with van der Waals surface area (Å²) >= 11 is 0. The zero-order valence-corrected chi connectivity index (χ0v) is 14.2. The number of piperazine rings is 1. The van der Waals surface area contributed by atoms with Crippen LogP contribution in [0, 0.1) is 0 Å². The van der Waals surface area contributed by atoms with Gasteiger partial charge in [-0.05, 0) is 5.56 Å². The van der Waals surface area contributed by atoms with Gasteiger partial charge in [0.1, 0.15) is 0 Å². The molecule has 24 heavy (non-hydrogen) atoms. The minimum absolute atomic E-state index is 0.0637. The molecule has 2 aliphatic rings. The van der Waals surface area contributed by atoms with Gasteiger partial charge in [0.15, 0.2) is 0 Å². The fourth-order valence-corrected chi connectivity index (χ4v) is 3.37. The molecule has 0 saturated carbocycles. The lowest BCUT2D eigenvalue weighted by Crippen LogP contribution is -2.53. The van der Waals surface area contributed by atoms with Crippen LogP contribution >= 0.6 is 0 Å². The van der Waals surface area contributed by atoms with Crippen LogP contribution in [-0.4, -0.2) is 79.0 Å². The summed E-state index contributed by atoms with van der Waals surface area (Å²) in [6.07, 6.45) is 0. The zero-order valence-electron chi connectivity index (χ0n) is 14.2. The summed E-state index contributed by atoms with van der Waals surface area (Å²) in [5.74, 6) is 0.241. The summed E-state index contributed by atoms with van der Waals surface area (Å²) in [5, 5.41) is 0. The van der Waals surface area contributed by atoms with Crippen molar-refractivity contribution in [2.24, 2.45) is 0 Å². The maximum absolute atomic E-state index is 12.6. The number of nitrogens with zero attached hydrogens (tertiary/aromatic N) is 3. The molecule has 6 nitrogen and oxygen atoms in total. The van der Waals surface area contributed by atoms with Crippen LogP contribution in [0.15, 0.2) is 30.3 Å². The first-order valence-corrected chi connectivity index (χ1v) is 8.55. The molecule has 0 spiro atoms. The molecule has 2 fully saturated rings. The molecule has 0 radical (unpaired) electrons. The van der Waals surface area contributed by atoms with Gasteiger partial charge in [0.05, 0.1) is 25.8 Å². The van der Waals surface area contributed by atoms with Crippen molar-refractivity contribution in [3.63, 3.8) is 0 Å². The highest BCUT2D eigenvalue weighted by Gasteiger charge is 2.31. The van der Waals surface area contributed by atoms with E-state index in [1.54, 1.807) is 6.92 Å². The lowest BCUT2D eigenvalue weighted by molar-refractivity contribution is -0.139. The molecule has 1 unspecified atom stereocenters. The number of benzene rings is 1. The molecule has 2 saturated heterocycles. The van der Waals surface area contributed by atoms with Crippen LogP contribution in [-0.2, 0) is 14.3 Å². The van der Waals surface area contributed by atoms with Gasteiger partial charge < -0.3 is 14.5 Å². The summed E-state index contributed by atoms with van der Waals surface area (Å²) in [6.45, 7) is 6.60. The van der Waals surface area contributed by atoms with E-state index in [0.717, 1.165) is 12.1 Å². The van der Waals surface area contributed by atoms with Crippen molar-refractivity contribution in [3.05, 3.63) is 35.9 Å². The molecule has 130 valence electrons. The number of hydrogen-bond acceptors (Lipinski definition) is 4. The highest BCUT2D eigenvalue weighted by molar-refractivity contribution is 5.78. The van der Waals surface area contributed by atoms with Crippen molar-refractivity contribution in [1.29, 1.82) is 0 Å². The van der Waals surface area contributed by atoms with Crippen LogP contribution < -0.4 is 0 Å². The first kappa shape index (κ1) is 16.9. The number of amides is 2. The van der Waals surface area contributed by atoms with Crippen LogP contribution in [0.5, 0.6) is 0 Å². The van der Waals surface area contributed by atoms with E-state index in [4.69, 9.17) is 4.74 Å². The van der Waals surface area contributed by atoms with Gasteiger partial charge in [-0.25, -0.2) is 0 Å². The summed E-state index contributed by atoms with van der Waals surface area (Å²) in [6, 6.07) is 10.2. The topological polar surface area (TPSA) is 53.1 Å². The molecule has 2 heterocycles. The molecule has 1 aromatic rings. The Hall–Kier alpha value is -1.92. The third-order valence-corrected chi connectivity index (χ3v) is 4.82. The molecule has 3 rings (SSSR count). The second kappa shape index (κ2) is 7.77. The zero-order chi connectivity index (χ0) is 16.9. The van der Waals surface area contributed by atoms with Gasteiger partial charge in [-0.15, -0.1) is 0 Å². The van der Waals surface area contributed by atoms with Crippen molar-refractivity contribution in [2.75, 3.05) is 52.5 Å². The maximum Gasteiger partial charge on any atom is 0.236 e. The molecule has 2 amide bonds. The molecule has 1 aromatic carbocycles. The fraction of sp³-hybridized carbons (Fsp3) is 0.556. The Morgan fingerprint density at radius 2 is 1.75 bits per heavy atom. The highest BCUT2D eigenvalue weighted by Crippen LogP contribution is 2.25. The van der Waals surface area contributed by atoms with E-state index in [1.165, 1.54) is 0 Å². The highest BCUT2D eigenvalue weighted by atomic mass is 16.5. The van der Waals surface area contributed by atoms with Gasteiger partial charge >= 0.3 is 0 Å². The average Bonchev–Trinajstić information content (AvgIpc) is 2.63. The second-order valence-electron chi connectivity index (χ2n) is 6.36. The summed E-state index contributed by atoms with van der Waals surface area (Å²) in [4.78, 5) is 30.3. The lowest BCUT2D eigenvalue weighted by Gasteiger charge is -2.42. The van der Waals surface area contributed by atoms with Gasteiger partial charge in [0.2, 0.25) is 11.8 Å². The molecule has 0 N–H and O–H groups in total. The summed E-state index contributed by atoms with van der Waals surface area (Å²) in [5.41, 5.74) is 1.15. The molecule has 0 aliphatic carbocycles. The average molecular weight is 331 g/mol. The van der Waals surface area contributed by atoms with Crippen molar-refractivity contribution >= 4 is 11.8 Å². The minimum atomic E-state index is 0.0637. The quantitative estimate of drug-likeness (QED) is 0.820. The molecule has 2 aliphatic heterocycles. The van der Waals surface area contributed by atoms with Gasteiger partial charge in [-0.3, -0.25) is 14.5 Å². The third kappa shape index (κ3) is 3.94. The van der Waals surface area contributed by atoms with E-state index in [1.807, 2.05) is 28.0 Å². The molecule has 0 bridgehead atoms. The van der Waals surface area contributed by atoms with E-state index in [0.29, 0.717) is 45.9 Å². The van der Waals surface area contributed by atoms with Crippen molar-refractivity contribution in [3.8, 4) is 0 Å². The minimum Gasteiger partial charge on any atom is -0.378 e. The number of hydrogen-bond donors (Lipinski definition) is 0. The van der Waals surface area contributed by atoms with Crippen LogP contribution in [0.1, 0.15) is 18.5 Å². The number of carbonyl (C=O) groups is 2. The number of carbonyl (C=O) groups excluding carboxylic acids is 2. The monoisotopic (exact) mass is 331 g/mol. The Morgan fingerprint density at radius 3 is 2.42 bits per heavy atom. The Morgan fingerprint density at radius 1 is 1.04 bits per heavy atom. The van der Waals surface area contributed by atoms with Crippen LogP contribution in [0.4, 0.5) is 0 Å². The first-order valence-electron chi connectivity index (χ1n) is 8.55. The largest absolute Gasteiger partial charge is 0.378 e. The third-order valence-electron chi connectivity index (χ3n) is 4.82. The standard InChI is InChI=1S/C18H25N3O3/c1-15(22)20-7-8-21(14-18(23)19-9-11-24-12-10-19)17(13-20)16-5-3-2-4-6-16/h2-6,17H,7-14H2,1H3. The van der Waals surface area contributed by atoms with E-state index in [9.17, 15) is 9.59 Å². The molecule has 1 atom stereocenters. The fourth-order valence-electron chi connectivity index (χ4n) is 3.37.